The van der Waals surface area contributed by atoms with Crippen LogP contribution in [-0.2, 0) is 20.9 Å². The highest BCUT2D eigenvalue weighted by molar-refractivity contribution is 6.16. The summed E-state index contributed by atoms with van der Waals surface area (Å²) in [6.07, 6.45) is 1.37. The number of nitrogens with zero attached hydrogens (tertiary/aromatic N) is 2. The van der Waals surface area contributed by atoms with Gasteiger partial charge in [-0.3, -0.25) is 0 Å². The number of fused-ring (bicyclic) bond motifs is 1. The van der Waals surface area contributed by atoms with E-state index in [0.717, 1.165) is 16.6 Å². The Labute approximate surface area is 157 Å². The fourth-order valence-electron chi connectivity index (χ4n) is 2.71. The Balaban J connectivity index is 1.90. The van der Waals surface area contributed by atoms with Gasteiger partial charge in [-0.05, 0) is 30.2 Å². The minimum absolute atomic E-state index is 0.224. The summed E-state index contributed by atoms with van der Waals surface area (Å²) in [7, 11) is 2.81. The summed E-state index contributed by atoms with van der Waals surface area (Å²) in [6.45, 7) is 2.08. The average molecular weight is 364 g/mol. The van der Waals surface area contributed by atoms with E-state index < -0.39 is 5.97 Å². The van der Waals surface area contributed by atoms with Gasteiger partial charge in [-0.15, -0.1) is 0 Å². The highest BCUT2D eigenvalue weighted by Gasteiger charge is 2.17. The van der Waals surface area contributed by atoms with Crippen molar-refractivity contribution in [3.8, 4) is 5.88 Å². The van der Waals surface area contributed by atoms with Crippen molar-refractivity contribution in [3.05, 3.63) is 71.6 Å². The maximum atomic E-state index is 12.1. The molecule has 1 heterocycles. The Kier molecular flexibility index (Phi) is 5.66. The van der Waals surface area contributed by atoms with Gasteiger partial charge in [0.1, 0.15) is 17.9 Å². The third kappa shape index (κ3) is 4.06. The van der Waals surface area contributed by atoms with Gasteiger partial charge >= 0.3 is 5.97 Å². The Morgan fingerprint density at radius 1 is 1.00 bits per heavy atom. The maximum Gasteiger partial charge on any atom is 0.341 e. The first kappa shape index (κ1) is 18.4. The second-order valence-corrected chi connectivity index (χ2v) is 5.81. The van der Waals surface area contributed by atoms with Crippen LogP contribution in [0.3, 0.4) is 0 Å². The molecule has 27 heavy (non-hydrogen) atoms. The molecular formula is C21H20N2O4. The van der Waals surface area contributed by atoms with Crippen molar-refractivity contribution >= 4 is 22.6 Å². The molecule has 0 atom stereocenters. The number of methoxy groups -OCH3 is 2. The molecule has 0 saturated carbocycles. The predicted molar refractivity (Wildman–Crippen MR) is 102 cm³/mol. The van der Waals surface area contributed by atoms with Crippen LogP contribution < -0.4 is 4.74 Å². The average Bonchev–Trinajstić information content (AvgIpc) is 2.70. The molecule has 138 valence electrons. The molecule has 3 rings (SSSR count). The Morgan fingerprint density at radius 3 is 2.37 bits per heavy atom. The first-order valence-electron chi connectivity index (χ1n) is 8.39. The minimum atomic E-state index is -0.481. The predicted octanol–water partition coefficient (Wildman–Crippen LogP) is 3.68. The summed E-state index contributed by atoms with van der Waals surface area (Å²) in [5.74, 6) is -0.0233. The lowest BCUT2D eigenvalue weighted by Gasteiger charge is -2.13. The van der Waals surface area contributed by atoms with E-state index in [2.05, 4.69) is 9.97 Å². The van der Waals surface area contributed by atoms with Gasteiger partial charge in [0.25, 0.3) is 0 Å². The molecule has 1 aromatic heterocycles. The van der Waals surface area contributed by atoms with E-state index in [1.807, 2.05) is 55.5 Å². The van der Waals surface area contributed by atoms with E-state index in [1.54, 1.807) is 0 Å². The number of benzene rings is 2. The molecule has 0 fully saturated rings. The third-order valence-corrected chi connectivity index (χ3v) is 4.01. The van der Waals surface area contributed by atoms with Crippen molar-refractivity contribution in [2.24, 2.45) is 0 Å². The van der Waals surface area contributed by atoms with Crippen molar-refractivity contribution in [3.63, 3.8) is 0 Å². The van der Waals surface area contributed by atoms with Gasteiger partial charge < -0.3 is 14.2 Å². The van der Waals surface area contributed by atoms with Crippen LogP contribution in [0.5, 0.6) is 5.88 Å². The molecule has 6 heteroatoms. The summed E-state index contributed by atoms with van der Waals surface area (Å²) in [5.41, 5.74) is 4.09. The molecule has 0 spiro atoms. The van der Waals surface area contributed by atoms with Gasteiger partial charge in [0.2, 0.25) is 5.88 Å². The zero-order valence-corrected chi connectivity index (χ0v) is 15.4. The third-order valence-electron chi connectivity index (χ3n) is 4.01. The summed E-state index contributed by atoms with van der Waals surface area (Å²) in [5, 5.41) is 0. The summed E-state index contributed by atoms with van der Waals surface area (Å²) in [6, 6.07) is 15.0. The van der Waals surface area contributed by atoms with Crippen LogP contribution in [0.15, 0.2) is 54.8 Å². The number of rotatable bonds is 6. The highest BCUT2D eigenvalue weighted by atomic mass is 16.5. The maximum absolute atomic E-state index is 12.1. The normalized spacial score (nSPS) is 11.3. The molecule has 0 aliphatic rings. The lowest BCUT2D eigenvalue weighted by Crippen LogP contribution is -2.09. The van der Waals surface area contributed by atoms with E-state index in [4.69, 9.17) is 14.2 Å². The Hall–Kier alpha value is -3.41. The smallest absolute Gasteiger partial charge is 0.341 e. The lowest BCUT2D eigenvalue weighted by molar-refractivity contribution is -0.133. The second-order valence-electron chi connectivity index (χ2n) is 5.81. The Bertz CT molecular complexity index is 998. The molecule has 3 aromatic rings. The summed E-state index contributed by atoms with van der Waals surface area (Å²) in [4.78, 5) is 21.2. The number of carbonyl (C=O) groups is 1. The quantitative estimate of drug-likeness (QED) is 0.377. The standard InChI is InChI=1S/C21H20N2O4/c1-14-20(23-19-11-7-6-10-18(19)22-14)27-12-15-8-4-5-9-16(15)17(13-25-2)21(24)26-3/h4-11,13H,12H2,1-3H3/b17-13+. The first-order valence-corrected chi connectivity index (χ1v) is 8.39. The van der Waals surface area contributed by atoms with Gasteiger partial charge in [0, 0.05) is 0 Å². The van der Waals surface area contributed by atoms with E-state index in [-0.39, 0.29) is 6.61 Å². The van der Waals surface area contributed by atoms with Crippen LogP contribution in [0.4, 0.5) is 0 Å². The molecule has 0 aliphatic carbocycles. The van der Waals surface area contributed by atoms with Crippen LogP contribution in [0, 0.1) is 6.92 Å². The van der Waals surface area contributed by atoms with Gasteiger partial charge in [-0.1, -0.05) is 36.4 Å². The molecule has 0 unspecified atom stereocenters. The highest BCUT2D eigenvalue weighted by Crippen LogP contribution is 2.24. The second kappa shape index (κ2) is 8.31. The summed E-state index contributed by atoms with van der Waals surface area (Å²) < 4.78 is 15.8. The van der Waals surface area contributed by atoms with Crippen molar-refractivity contribution in [2.45, 2.75) is 13.5 Å². The van der Waals surface area contributed by atoms with Gasteiger partial charge in [-0.2, -0.15) is 0 Å². The van der Waals surface area contributed by atoms with Crippen LogP contribution in [0.1, 0.15) is 16.8 Å². The number of para-hydroxylation sites is 2. The first-order chi connectivity index (χ1) is 13.1. The molecular weight excluding hydrogens is 344 g/mol. The van der Waals surface area contributed by atoms with Crippen molar-refractivity contribution in [2.75, 3.05) is 14.2 Å². The van der Waals surface area contributed by atoms with Crippen LogP contribution >= 0.6 is 0 Å². The van der Waals surface area contributed by atoms with E-state index in [1.165, 1.54) is 20.5 Å². The summed E-state index contributed by atoms with van der Waals surface area (Å²) >= 11 is 0. The molecule has 0 N–H and O–H groups in total. The fraction of sp³-hybridized carbons (Fsp3) is 0.190. The largest absolute Gasteiger partial charge is 0.503 e. The van der Waals surface area contributed by atoms with Crippen molar-refractivity contribution < 1.29 is 19.0 Å². The van der Waals surface area contributed by atoms with Crippen LogP contribution in [0.25, 0.3) is 16.6 Å². The topological polar surface area (TPSA) is 70.5 Å². The minimum Gasteiger partial charge on any atom is -0.503 e. The number of carbonyl (C=O) groups excluding carboxylic acids is 1. The van der Waals surface area contributed by atoms with Gasteiger partial charge in [-0.25, -0.2) is 14.8 Å². The number of hydrogen-bond acceptors (Lipinski definition) is 6. The Morgan fingerprint density at radius 2 is 1.67 bits per heavy atom. The molecule has 0 aliphatic heterocycles. The zero-order chi connectivity index (χ0) is 19.2. The number of aromatic nitrogens is 2. The zero-order valence-electron chi connectivity index (χ0n) is 15.4. The molecule has 6 nitrogen and oxygen atoms in total. The van der Waals surface area contributed by atoms with E-state index in [9.17, 15) is 4.79 Å². The SMILES string of the molecule is CO/C=C(/C(=O)OC)c1ccccc1COc1nc2ccccc2nc1C. The monoisotopic (exact) mass is 364 g/mol. The lowest BCUT2D eigenvalue weighted by atomic mass is 10.0. The number of aryl methyl sites for hydroxylation is 1. The van der Waals surface area contributed by atoms with Crippen LogP contribution in [0.2, 0.25) is 0 Å². The number of hydrogen-bond donors (Lipinski definition) is 0. The molecule has 0 radical (unpaired) electrons. The molecule has 0 saturated heterocycles. The number of ether oxygens (including phenoxy) is 3. The van der Waals surface area contributed by atoms with Crippen LogP contribution in [-0.4, -0.2) is 30.2 Å². The van der Waals surface area contributed by atoms with Gasteiger partial charge in [0.05, 0.1) is 31.5 Å². The molecule has 0 bridgehead atoms. The number of esters is 1. The van der Waals surface area contributed by atoms with Crippen molar-refractivity contribution in [1.29, 1.82) is 0 Å². The fourth-order valence-corrected chi connectivity index (χ4v) is 2.71. The van der Waals surface area contributed by atoms with E-state index in [0.29, 0.717) is 22.7 Å². The van der Waals surface area contributed by atoms with Crippen molar-refractivity contribution in [1.82, 2.24) is 9.97 Å². The molecule has 2 aromatic carbocycles. The van der Waals surface area contributed by atoms with E-state index >= 15 is 0 Å². The van der Waals surface area contributed by atoms with Gasteiger partial charge in [0.15, 0.2) is 0 Å². The molecule has 0 amide bonds.